The van der Waals surface area contributed by atoms with E-state index in [0.717, 1.165) is 27.4 Å². The van der Waals surface area contributed by atoms with Crippen molar-refractivity contribution in [1.82, 2.24) is 19.7 Å². The van der Waals surface area contributed by atoms with Gasteiger partial charge in [-0.3, -0.25) is 4.68 Å². The van der Waals surface area contributed by atoms with Gasteiger partial charge in [-0.25, -0.2) is 4.98 Å². The lowest BCUT2D eigenvalue weighted by Crippen LogP contribution is -1.96. The maximum absolute atomic E-state index is 5.97. The number of thiophene rings is 1. The first-order valence-electron chi connectivity index (χ1n) is 5.74. The number of halogens is 1. The molecule has 0 aliphatic heterocycles. The molecular formula is C12H12ClN5S. The highest BCUT2D eigenvalue weighted by molar-refractivity contribution is 7.18. The Balaban J connectivity index is 2.11. The van der Waals surface area contributed by atoms with Crippen LogP contribution in [0.1, 0.15) is 10.6 Å². The molecule has 7 heteroatoms. The highest BCUT2D eigenvalue weighted by Crippen LogP contribution is 2.31. The lowest BCUT2D eigenvalue weighted by Gasteiger charge is -2.05. The van der Waals surface area contributed by atoms with Crippen molar-refractivity contribution in [3.63, 3.8) is 0 Å². The van der Waals surface area contributed by atoms with Gasteiger partial charge in [-0.2, -0.15) is 10.1 Å². The van der Waals surface area contributed by atoms with Crippen LogP contribution >= 0.6 is 22.9 Å². The molecule has 0 saturated carbocycles. The van der Waals surface area contributed by atoms with Crippen molar-refractivity contribution in [2.45, 2.75) is 13.8 Å². The second-order valence-corrected chi connectivity index (χ2v) is 5.92. The fourth-order valence-corrected chi connectivity index (χ4v) is 3.06. The standard InChI is InChI=1S/C12H12ClN5S/c1-6-4-8-10(15-12(13)16-11(8)19-6)14-9-5-18(3)17-7(9)2/h4-5H,1-3H3,(H,14,15,16). The molecule has 0 bridgehead atoms. The summed E-state index contributed by atoms with van der Waals surface area (Å²) in [5.41, 5.74) is 1.83. The minimum absolute atomic E-state index is 0.249. The number of aryl methyl sites for hydroxylation is 3. The topological polar surface area (TPSA) is 55.6 Å². The van der Waals surface area contributed by atoms with E-state index in [1.165, 1.54) is 4.88 Å². The molecule has 98 valence electrons. The lowest BCUT2D eigenvalue weighted by molar-refractivity contribution is 0.756. The molecule has 0 aliphatic rings. The van der Waals surface area contributed by atoms with Gasteiger partial charge in [-0.1, -0.05) is 0 Å². The van der Waals surface area contributed by atoms with Crippen molar-refractivity contribution in [2.24, 2.45) is 7.05 Å². The van der Waals surface area contributed by atoms with Gasteiger partial charge in [0.1, 0.15) is 10.6 Å². The molecule has 0 unspecified atom stereocenters. The second kappa shape index (κ2) is 4.47. The van der Waals surface area contributed by atoms with Crippen molar-refractivity contribution >= 4 is 44.7 Å². The van der Waals surface area contributed by atoms with Crippen LogP contribution in [-0.4, -0.2) is 19.7 Å². The zero-order valence-corrected chi connectivity index (χ0v) is 12.3. The van der Waals surface area contributed by atoms with Gasteiger partial charge in [-0.05, 0) is 31.5 Å². The number of hydrogen-bond acceptors (Lipinski definition) is 5. The Hall–Kier alpha value is -1.66. The molecule has 3 heterocycles. The van der Waals surface area contributed by atoms with E-state index >= 15 is 0 Å². The van der Waals surface area contributed by atoms with E-state index in [4.69, 9.17) is 11.6 Å². The first-order valence-corrected chi connectivity index (χ1v) is 6.93. The van der Waals surface area contributed by atoms with E-state index in [2.05, 4.69) is 26.4 Å². The van der Waals surface area contributed by atoms with Crippen molar-refractivity contribution in [2.75, 3.05) is 5.32 Å². The number of hydrogen-bond donors (Lipinski definition) is 1. The molecule has 5 nitrogen and oxygen atoms in total. The van der Waals surface area contributed by atoms with E-state index in [-0.39, 0.29) is 5.28 Å². The zero-order chi connectivity index (χ0) is 13.6. The first kappa shape index (κ1) is 12.4. The van der Waals surface area contributed by atoms with E-state index in [9.17, 15) is 0 Å². The Bertz CT molecular complexity index is 761. The minimum Gasteiger partial charge on any atom is -0.337 e. The normalized spacial score (nSPS) is 11.2. The largest absolute Gasteiger partial charge is 0.337 e. The molecule has 19 heavy (non-hydrogen) atoms. The maximum atomic E-state index is 5.97. The van der Waals surface area contributed by atoms with Crippen LogP contribution in [-0.2, 0) is 7.05 Å². The van der Waals surface area contributed by atoms with Crippen molar-refractivity contribution < 1.29 is 0 Å². The van der Waals surface area contributed by atoms with Gasteiger partial charge < -0.3 is 5.32 Å². The highest BCUT2D eigenvalue weighted by atomic mass is 35.5. The molecular weight excluding hydrogens is 282 g/mol. The summed E-state index contributed by atoms with van der Waals surface area (Å²) in [6.07, 6.45) is 1.91. The van der Waals surface area contributed by atoms with Gasteiger partial charge in [0.25, 0.3) is 0 Å². The van der Waals surface area contributed by atoms with Crippen molar-refractivity contribution in [3.05, 3.63) is 28.1 Å². The summed E-state index contributed by atoms with van der Waals surface area (Å²) < 4.78 is 1.76. The molecule has 0 aliphatic carbocycles. The highest BCUT2D eigenvalue weighted by Gasteiger charge is 2.12. The van der Waals surface area contributed by atoms with Crippen molar-refractivity contribution in [3.8, 4) is 0 Å². The summed E-state index contributed by atoms with van der Waals surface area (Å²) in [7, 11) is 1.88. The molecule has 3 aromatic rings. The SMILES string of the molecule is Cc1cc2c(Nc3cn(C)nc3C)nc(Cl)nc2s1. The third-order valence-corrected chi connectivity index (χ3v) is 3.87. The number of aromatic nitrogens is 4. The zero-order valence-electron chi connectivity index (χ0n) is 10.7. The van der Waals surface area contributed by atoms with Gasteiger partial charge in [0.05, 0.1) is 16.8 Å². The third kappa shape index (κ3) is 2.29. The van der Waals surface area contributed by atoms with Gasteiger partial charge in [0.15, 0.2) is 0 Å². The van der Waals surface area contributed by atoms with Crippen LogP contribution in [0.2, 0.25) is 5.28 Å². The number of anilines is 2. The molecule has 0 saturated heterocycles. The molecule has 3 aromatic heterocycles. The number of fused-ring (bicyclic) bond motifs is 1. The van der Waals surface area contributed by atoms with Crippen LogP contribution in [0.5, 0.6) is 0 Å². The van der Waals surface area contributed by atoms with Crippen LogP contribution in [0.15, 0.2) is 12.3 Å². The molecule has 0 radical (unpaired) electrons. The smallest absolute Gasteiger partial charge is 0.225 e. The molecule has 0 spiro atoms. The maximum Gasteiger partial charge on any atom is 0.225 e. The summed E-state index contributed by atoms with van der Waals surface area (Å²) in [4.78, 5) is 10.6. The second-order valence-electron chi connectivity index (χ2n) is 4.34. The number of nitrogens with one attached hydrogen (secondary N) is 1. The van der Waals surface area contributed by atoms with Crippen LogP contribution in [0.3, 0.4) is 0 Å². The van der Waals surface area contributed by atoms with Gasteiger partial charge in [-0.15, -0.1) is 11.3 Å². The van der Waals surface area contributed by atoms with E-state index in [1.807, 2.05) is 27.1 Å². The average molecular weight is 294 g/mol. The summed E-state index contributed by atoms with van der Waals surface area (Å²) in [6.45, 7) is 3.99. The summed E-state index contributed by atoms with van der Waals surface area (Å²) in [5.74, 6) is 0.718. The lowest BCUT2D eigenvalue weighted by atomic mass is 10.3. The molecule has 0 atom stereocenters. The number of nitrogens with zero attached hydrogens (tertiary/aromatic N) is 4. The van der Waals surface area contributed by atoms with Crippen molar-refractivity contribution in [1.29, 1.82) is 0 Å². The Labute approximate surface area is 119 Å². The predicted molar refractivity (Wildman–Crippen MR) is 78.4 cm³/mol. The Morgan fingerprint density at radius 1 is 1.32 bits per heavy atom. The van der Waals surface area contributed by atoms with Crippen LogP contribution in [0.25, 0.3) is 10.2 Å². The third-order valence-electron chi connectivity index (χ3n) is 2.76. The predicted octanol–water partition coefficient (Wildman–Crippen LogP) is 3.44. The first-order chi connectivity index (χ1) is 9.02. The molecule has 0 amide bonds. The minimum atomic E-state index is 0.249. The van der Waals surface area contributed by atoms with Crippen LogP contribution < -0.4 is 5.32 Å². The van der Waals surface area contributed by atoms with Gasteiger partial charge >= 0.3 is 0 Å². The summed E-state index contributed by atoms with van der Waals surface area (Å²) in [5, 5.41) is 8.80. The van der Waals surface area contributed by atoms with E-state index < -0.39 is 0 Å². The monoisotopic (exact) mass is 293 g/mol. The summed E-state index contributed by atoms with van der Waals surface area (Å²) >= 11 is 7.57. The fourth-order valence-electron chi connectivity index (χ4n) is 1.96. The van der Waals surface area contributed by atoms with Gasteiger partial charge in [0, 0.05) is 18.1 Å². The fraction of sp³-hybridized carbons (Fsp3) is 0.250. The Kier molecular flexibility index (Phi) is 2.91. The Morgan fingerprint density at radius 3 is 2.79 bits per heavy atom. The summed E-state index contributed by atoms with van der Waals surface area (Å²) in [6, 6.07) is 2.06. The van der Waals surface area contributed by atoms with E-state index in [1.54, 1.807) is 16.0 Å². The van der Waals surface area contributed by atoms with Crippen LogP contribution in [0.4, 0.5) is 11.5 Å². The van der Waals surface area contributed by atoms with Crippen LogP contribution in [0, 0.1) is 13.8 Å². The Morgan fingerprint density at radius 2 is 2.11 bits per heavy atom. The average Bonchev–Trinajstić information content (AvgIpc) is 2.81. The number of rotatable bonds is 2. The molecule has 0 aromatic carbocycles. The quantitative estimate of drug-likeness (QED) is 0.735. The van der Waals surface area contributed by atoms with Gasteiger partial charge in [0.2, 0.25) is 5.28 Å². The van der Waals surface area contributed by atoms with E-state index in [0.29, 0.717) is 0 Å². The molecule has 3 rings (SSSR count). The molecule has 1 N–H and O–H groups in total. The molecule has 0 fully saturated rings.